The van der Waals surface area contributed by atoms with Crippen molar-refractivity contribution in [3.05, 3.63) is 41.5 Å². The molecule has 2 atom stereocenters. The van der Waals surface area contributed by atoms with Gasteiger partial charge in [0.05, 0.1) is 12.1 Å². The first-order valence-corrected chi connectivity index (χ1v) is 18.0. The first-order valence-electron chi connectivity index (χ1n) is 18.0. The molecule has 4 aromatic rings. The van der Waals surface area contributed by atoms with E-state index in [0.717, 1.165) is 38.6 Å². The van der Waals surface area contributed by atoms with Crippen LogP contribution >= 0.6 is 0 Å². The summed E-state index contributed by atoms with van der Waals surface area (Å²) < 4.78 is 71.0. The van der Waals surface area contributed by atoms with Crippen LogP contribution < -0.4 is 19.1 Å². The number of hydrogen-bond acceptors (Lipinski definition) is 10. The van der Waals surface area contributed by atoms with Crippen LogP contribution in [0.2, 0.25) is 0 Å². The molecule has 4 aliphatic rings. The minimum atomic E-state index is -0.918. The number of nitrogens with zero attached hydrogens (tertiary/aromatic N) is 6. The van der Waals surface area contributed by atoms with Crippen molar-refractivity contribution in [2.75, 3.05) is 72.3 Å². The molecule has 10 nitrogen and oxygen atoms in total. The summed E-state index contributed by atoms with van der Waals surface area (Å²) in [5.41, 5.74) is 0.223. The van der Waals surface area contributed by atoms with Crippen molar-refractivity contribution in [2.24, 2.45) is 0 Å². The standard InChI is InChI=1S/C38H45F3N6O4/c1-5-26-28(40)9-8-23-16-25(51-22-48-4)17-27(29(23)26)32-31(41)33-30-34(44-36(43-33)50-21-38-12-7-13-47(38)19-24(39)18-38)46(14-15-49-35(30)42-32)20-37(45(2)3)10-6-11-37/h8-9,16-17,24H,5-7,10-15,18-22H2,1-4H3/t24-,38+/m1/s1. The number of pyridine rings is 1. The molecule has 2 aromatic carbocycles. The number of anilines is 1. The van der Waals surface area contributed by atoms with Crippen LogP contribution in [-0.2, 0) is 11.2 Å². The Labute approximate surface area is 295 Å². The second-order valence-corrected chi connectivity index (χ2v) is 14.7. The third-order valence-corrected chi connectivity index (χ3v) is 11.7. The molecule has 2 saturated heterocycles. The fourth-order valence-corrected chi connectivity index (χ4v) is 8.76. The molecule has 8 rings (SSSR count). The van der Waals surface area contributed by atoms with Gasteiger partial charge in [-0.15, -0.1) is 0 Å². The molecule has 0 bridgehead atoms. The zero-order valence-corrected chi connectivity index (χ0v) is 29.7. The van der Waals surface area contributed by atoms with E-state index in [1.165, 1.54) is 13.2 Å². The number of halogens is 3. The normalized spacial score (nSPS) is 22.7. The van der Waals surface area contributed by atoms with Crippen molar-refractivity contribution in [3.63, 3.8) is 0 Å². The van der Waals surface area contributed by atoms with Gasteiger partial charge in [0.25, 0.3) is 0 Å². The molecule has 0 unspecified atom stereocenters. The Balaban J connectivity index is 1.32. The topological polar surface area (TPSA) is 85.3 Å². The van der Waals surface area contributed by atoms with Crippen LogP contribution in [0.3, 0.4) is 0 Å². The predicted molar refractivity (Wildman–Crippen MR) is 189 cm³/mol. The highest BCUT2D eigenvalue weighted by molar-refractivity contribution is 6.03. The Hall–Kier alpha value is -3.94. The average molecular weight is 707 g/mol. The second-order valence-electron chi connectivity index (χ2n) is 14.7. The van der Waals surface area contributed by atoms with Crippen molar-refractivity contribution in [3.8, 4) is 28.9 Å². The Morgan fingerprint density at radius 3 is 2.61 bits per heavy atom. The summed E-state index contributed by atoms with van der Waals surface area (Å²) in [4.78, 5) is 21.0. The lowest BCUT2D eigenvalue weighted by molar-refractivity contribution is 0.0512. The number of ether oxygens (including phenoxy) is 4. The largest absolute Gasteiger partial charge is 0.475 e. The van der Waals surface area contributed by atoms with Gasteiger partial charge in [0, 0.05) is 37.7 Å². The third kappa shape index (κ3) is 5.81. The van der Waals surface area contributed by atoms with E-state index in [4.69, 9.17) is 33.9 Å². The number of aromatic nitrogens is 3. The molecule has 5 heterocycles. The highest BCUT2D eigenvalue weighted by Crippen LogP contribution is 2.45. The molecular weight excluding hydrogens is 661 g/mol. The van der Waals surface area contributed by atoms with Crippen LogP contribution in [0.15, 0.2) is 24.3 Å². The summed E-state index contributed by atoms with van der Waals surface area (Å²) in [6.07, 6.45) is 4.81. The van der Waals surface area contributed by atoms with E-state index in [1.807, 2.05) is 6.92 Å². The molecule has 1 aliphatic carbocycles. The molecule has 1 saturated carbocycles. The van der Waals surface area contributed by atoms with Gasteiger partial charge in [0.1, 0.15) is 53.4 Å². The predicted octanol–water partition coefficient (Wildman–Crippen LogP) is 6.31. The Kier molecular flexibility index (Phi) is 8.87. The first kappa shape index (κ1) is 34.2. The fraction of sp³-hybridized carbons (Fsp3) is 0.553. The van der Waals surface area contributed by atoms with E-state index in [1.54, 1.807) is 18.2 Å². The second kappa shape index (κ2) is 13.2. The highest BCUT2D eigenvalue weighted by Gasteiger charge is 2.49. The monoisotopic (exact) mass is 706 g/mol. The summed E-state index contributed by atoms with van der Waals surface area (Å²) >= 11 is 0. The van der Waals surface area contributed by atoms with Gasteiger partial charge in [0.15, 0.2) is 12.6 Å². The Morgan fingerprint density at radius 1 is 1.02 bits per heavy atom. The number of methoxy groups -OCH3 is 1. The number of aryl methyl sites for hydroxylation is 1. The number of rotatable bonds is 11. The lowest BCUT2D eigenvalue weighted by Crippen LogP contribution is -2.57. The van der Waals surface area contributed by atoms with Crippen molar-refractivity contribution in [2.45, 2.75) is 69.1 Å². The molecule has 13 heteroatoms. The maximum Gasteiger partial charge on any atom is 0.319 e. The molecule has 272 valence electrons. The zero-order chi connectivity index (χ0) is 35.5. The zero-order valence-electron chi connectivity index (χ0n) is 29.7. The lowest BCUT2D eigenvalue weighted by Gasteiger charge is -2.49. The van der Waals surface area contributed by atoms with Crippen molar-refractivity contribution in [1.82, 2.24) is 24.8 Å². The number of hydrogen-bond donors (Lipinski definition) is 0. The van der Waals surface area contributed by atoms with E-state index in [0.29, 0.717) is 71.3 Å². The van der Waals surface area contributed by atoms with Gasteiger partial charge in [-0.2, -0.15) is 9.97 Å². The third-order valence-electron chi connectivity index (χ3n) is 11.7. The minimum absolute atomic E-state index is 0.00389. The van der Waals surface area contributed by atoms with E-state index in [-0.39, 0.29) is 48.6 Å². The molecular formula is C38H45F3N6O4. The van der Waals surface area contributed by atoms with Gasteiger partial charge in [-0.25, -0.2) is 18.2 Å². The number of benzene rings is 2. The maximum absolute atomic E-state index is 17.4. The van der Waals surface area contributed by atoms with Gasteiger partial charge < -0.3 is 28.7 Å². The molecule has 51 heavy (non-hydrogen) atoms. The van der Waals surface area contributed by atoms with Crippen LogP contribution in [0.25, 0.3) is 32.9 Å². The smallest absolute Gasteiger partial charge is 0.319 e. The molecule has 3 fully saturated rings. The van der Waals surface area contributed by atoms with Crippen LogP contribution in [0, 0.1) is 11.6 Å². The molecule has 2 aromatic heterocycles. The van der Waals surface area contributed by atoms with Crippen molar-refractivity contribution < 1.29 is 32.1 Å². The molecule has 3 aliphatic heterocycles. The minimum Gasteiger partial charge on any atom is -0.475 e. The maximum atomic E-state index is 17.4. The Morgan fingerprint density at radius 2 is 1.86 bits per heavy atom. The summed E-state index contributed by atoms with van der Waals surface area (Å²) in [5.74, 6) is 0.00144. The van der Waals surface area contributed by atoms with Gasteiger partial charge in [-0.05, 0) is 93.7 Å². The molecule has 0 N–H and O–H groups in total. The van der Waals surface area contributed by atoms with E-state index in [9.17, 15) is 4.39 Å². The summed E-state index contributed by atoms with van der Waals surface area (Å²) in [7, 11) is 5.70. The van der Waals surface area contributed by atoms with Crippen LogP contribution in [0.4, 0.5) is 19.0 Å². The average Bonchev–Trinajstić information content (AvgIpc) is 3.56. The van der Waals surface area contributed by atoms with Crippen LogP contribution in [0.1, 0.15) is 51.0 Å². The van der Waals surface area contributed by atoms with Crippen molar-refractivity contribution in [1.29, 1.82) is 0 Å². The van der Waals surface area contributed by atoms with Crippen molar-refractivity contribution >= 4 is 27.5 Å². The number of alkyl halides is 1. The number of fused-ring (bicyclic) bond motifs is 2. The molecule has 0 amide bonds. The van der Waals surface area contributed by atoms with Gasteiger partial charge in [-0.3, -0.25) is 4.90 Å². The lowest BCUT2D eigenvalue weighted by atomic mass is 9.75. The first-order chi connectivity index (χ1) is 24.6. The van der Waals surface area contributed by atoms with Crippen LogP contribution in [0.5, 0.6) is 17.6 Å². The molecule has 0 radical (unpaired) electrons. The summed E-state index contributed by atoms with van der Waals surface area (Å²) in [6.45, 7) is 4.67. The highest BCUT2D eigenvalue weighted by atomic mass is 19.1. The number of likely N-dealkylation sites (N-methyl/N-ethyl adjacent to an activating group) is 1. The molecule has 0 spiro atoms. The Bertz CT molecular complexity index is 1980. The summed E-state index contributed by atoms with van der Waals surface area (Å²) in [5, 5.41) is 1.56. The fourth-order valence-electron chi connectivity index (χ4n) is 8.76. The van der Waals surface area contributed by atoms with E-state index in [2.05, 4.69) is 28.8 Å². The van der Waals surface area contributed by atoms with Gasteiger partial charge in [0.2, 0.25) is 5.88 Å². The summed E-state index contributed by atoms with van der Waals surface area (Å²) in [6, 6.07) is 6.52. The van der Waals surface area contributed by atoms with Crippen LogP contribution in [-0.4, -0.2) is 109 Å². The quantitative estimate of drug-likeness (QED) is 0.166. The van der Waals surface area contributed by atoms with Gasteiger partial charge >= 0.3 is 6.01 Å². The van der Waals surface area contributed by atoms with E-state index < -0.39 is 23.3 Å². The SMILES string of the molecule is CCc1c(F)ccc2cc(OCOC)cc(-c3nc4c5c(nc(OC[C@@]67CCCN6C[C@H](F)C7)nc5c3F)N(CC3(N(C)C)CCC3)CCO4)c12. The van der Waals surface area contributed by atoms with Gasteiger partial charge in [-0.1, -0.05) is 13.0 Å². The van der Waals surface area contributed by atoms with E-state index >= 15 is 8.78 Å².